The molecule has 0 saturated heterocycles. The van der Waals surface area contributed by atoms with Gasteiger partial charge in [0.25, 0.3) is 0 Å². The van der Waals surface area contributed by atoms with Gasteiger partial charge in [-0.2, -0.15) is 0 Å². The lowest BCUT2D eigenvalue weighted by Gasteiger charge is -2.18. The topological polar surface area (TPSA) is 229 Å². The van der Waals surface area contributed by atoms with E-state index < -0.39 is 24.1 Å². The molecule has 0 aliphatic heterocycles. The Morgan fingerprint density at radius 2 is 1.32 bits per heavy atom. The minimum Gasteiger partial charge on any atom is -0.504 e. The van der Waals surface area contributed by atoms with Crippen molar-refractivity contribution in [1.29, 1.82) is 0 Å². The van der Waals surface area contributed by atoms with Crippen molar-refractivity contribution in [2.75, 3.05) is 65.9 Å². The molecule has 2 atom stereocenters. The molecule has 0 aromatic heterocycles. The van der Waals surface area contributed by atoms with Crippen LogP contribution in [0.5, 0.6) is 11.5 Å². The van der Waals surface area contributed by atoms with Gasteiger partial charge in [0.2, 0.25) is 0 Å². The Balaban J connectivity index is 1.99. The number of urea groups is 1. The Bertz CT molecular complexity index is 1270. The fourth-order valence-corrected chi connectivity index (χ4v) is 5.28. The second-order valence-corrected chi connectivity index (χ2v) is 13.4. The van der Waals surface area contributed by atoms with Crippen molar-refractivity contribution in [3.8, 4) is 11.5 Å². The molecule has 0 aliphatic carbocycles. The normalized spacial score (nSPS) is 11.8. The van der Waals surface area contributed by atoms with Gasteiger partial charge in [0, 0.05) is 26.1 Å². The summed E-state index contributed by atoms with van der Waals surface area (Å²) in [6.45, 7) is 9.06. The van der Waals surface area contributed by atoms with Crippen molar-refractivity contribution in [1.82, 2.24) is 21.3 Å². The van der Waals surface area contributed by atoms with E-state index in [2.05, 4.69) is 21.3 Å². The third-order valence-electron chi connectivity index (χ3n) is 8.44. The van der Waals surface area contributed by atoms with Crippen LogP contribution in [-0.2, 0) is 44.4 Å². The van der Waals surface area contributed by atoms with E-state index in [0.29, 0.717) is 90.0 Å². The summed E-state index contributed by atoms with van der Waals surface area (Å²) < 4.78 is 31.8. The molecule has 0 radical (unpaired) electrons. The maximum absolute atomic E-state index is 12.4. The van der Waals surface area contributed by atoms with Gasteiger partial charge in [0.1, 0.15) is 12.6 Å². The van der Waals surface area contributed by atoms with Crippen LogP contribution >= 0.6 is 0 Å². The first-order valence-corrected chi connectivity index (χ1v) is 20.4. The maximum Gasteiger partial charge on any atom is 0.407 e. The first kappa shape index (κ1) is 50.5. The monoisotopic (exact) mass is 812 g/mol. The zero-order valence-corrected chi connectivity index (χ0v) is 34.2. The van der Waals surface area contributed by atoms with Gasteiger partial charge in [-0.25, -0.2) is 19.2 Å². The molecule has 0 aliphatic rings. The molecule has 57 heavy (non-hydrogen) atoms. The van der Waals surface area contributed by atoms with Crippen molar-refractivity contribution in [3.63, 3.8) is 0 Å². The molecule has 17 nitrogen and oxygen atoms in total. The van der Waals surface area contributed by atoms with E-state index in [9.17, 15) is 34.2 Å². The lowest BCUT2D eigenvalue weighted by atomic mass is 10.1. The summed E-state index contributed by atoms with van der Waals surface area (Å²) in [5, 5.41) is 29.7. The highest BCUT2D eigenvalue weighted by Crippen LogP contribution is 2.24. The van der Waals surface area contributed by atoms with Crippen LogP contribution < -0.4 is 21.3 Å². The highest BCUT2D eigenvalue weighted by molar-refractivity contribution is 5.83. The summed E-state index contributed by atoms with van der Waals surface area (Å²) >= 11 is 0. The number of hydrogen-bond donors (Lipinski definition) is 6. The average molecular weight is 813 g/mol. The minimum absolute atomic E-state index is 0.124. The van der Waals surface area contributed by atoms with Gasteiger partial charge in [-0.15, -0.1) is 0 Å². The number of hydrogen-bond acceptors (Lipinski definition) is 13. The van der Waals surface area contributed by atoms with E-state index in [-0.39, 0.29) is 62.5 Å². The van der Waals surface area contributed by atoms with Crippen molar-refractivity contribution >= 4 is 30.2 Å². The van der Waals surface area contributed by atoms with E-state index in [1.54, 1.807) is 13.0 Å². The SMILES string of the molecule is CCCNC(=O)OCCCCCCC(C)OCCOCCOC(=O)CCCCCOC(=O)NCCCCC(NC(=O)NCCc1ccc(O)c(O)c1)C(=O)OCC. The molecule has 6 N–H and O–H groups in total. The van der Waals surface area contributed by atoms with Gasteiger partial charge in [-0.3, -0.25) is 4.79 Å². The third kappa shape index (κ3) is 28.5. The smallest absolute Gasteiger partial charge is 0.407 e. The van der Waals surface area contributed by atoms with Crippen LogP contribution in [0.25, 0.3) is 0 Å². The van der Waals surface area contributed by atoms with Crippen molar-refractivity contribution < 1.29 is 62.6 Å². The molecular formula is C40H68N4O13. The number of rotatable bonds is 33. The molecule has 17 heteroatoms. The molecule has 1 rings (SSSR count). The van der Waals surface area contributed by atoms with Crippen LogP contribution in [0.2, 0.25) is 0 Å². The predicted molar refractivity (Wildman–Crippen MR) is 212 cm³/mol. The van der Waals surface area contributed by atoms with Crippen LogP contribution in [0, 0.1) is 0 Å². The van der Waals surface area contributed by atoms with Gasteiger partial charge in [-0.05, 0) is 95.8 Å². The molecule has 0 bridgehead atoms. The quantitative estimate of drug-likeness (QED) is 0.0227. The number of nitrogens with one attached hydrogen (secondary N) is 4. The number of amides is 4. The largest absolute Gasteiger partial charge is 0.504 e. The Hall–Kier alpha value is -4.51. The number of unbranched alkanes of at least 4 members (excludes halogenated alkanes) is 6. The van der Waals surface area contributed by atoms with Gasteiger partial charge in [-0.1, -0.05) is 32.3 Å². The Morgan fingerprint density at radius 1 is 0.649 bits per heavy atom. The van der Waals surface area contributed by atoms with Crippen LogP contribution in [0.4, 0.5) is 14.4 Å². The molecule has 0 heterocycles. The fourth-order valence-electron chi connectivity index (χ4n) is 5.28. The molecule has 0 saturated carbocycles. The summed E-state index contributed by atoms with van der Waals surface area (Å²) in [5.74, 6) is -1.33. The molecule has 4 amide bonds. The van der Waals surface area contributed by atoms with E-state index in [4.69, 9.17) is 28.4 Å². The molecule has 0 fully saturated rings. The summed E-state index contributed by atoms with van der Waals surface area (Å²) in [6.07, 6.45) is 8.94. The number of alkyl carbamates (subject to hydrolysis) is 2. The lowest BCUT2D eigenvalue weighted by molar-refractivity contribution is -0.146. The van der Waals surface area contributed by atoms with E-state index in [1.807, 2.05) is 13.8 Å². The van der Waals surface area contributed by atoms with Crippen LogP contribution in [0.1, 0.15) is 110 Å². The number of ether oxygens (including phenoxy) is 6. The molecular weight excluding hydrogens is 744 g/mol. The number of phenols is 2. The van der Waals surface area contributed by atoms with Crippen LogP contribution in [0.3, 0.4) is 0 Å². The average Bonchev–Trinajstić information content (AvgIpc) is 3.18. The lowest BCUT2D eigenvalue weighted by Crippen LogP contribution is -2.47. The third-order valence-corrected chi connectivity index (χ3v) is 8.44. The van der Waals surface area contributed by atoms with E-state index in [0.717, 1.165) is 38.5 Å². The molecule has 1 aromatic carbocycles. The second kappa shape index (κ2) is 33.6. The summed E-state index contributed by atoms with van der Waals surface area (Å²) in [4.78, 5) is 60.1. The van der Waals surface area contributed by atoms with E-state index >= 15 is 0 Å². The number of benzene rings is 1. The zero-order valence-electron chi connectivity index (χ0n) is 34.2. The fraction of sp³-hybridized carbons (Fsp3) is 0.725. The first-order valence-electron chi connectivity index (χ1n) is 20.4. The Kier molecular flexibility index (Phi) is 29.8. The highest BCUT2D eigenvalue weighted by atomic mass is 16.6. The Morgan fingerprint density at radius 3 is 2.02 bits per heavy atom. The van der Waals surface area contributed by atoms with Gasteiger partial charge in [0.15, 0.2) is 11.5 Å². The number of carbonyl (C=O) groups is 5. The molecule has 0 spiro atoms. The number of carbonyl (C=O) groups excluding carboxylic acids is 5. The highest BCUT2D eigenvalue weighted by Gasteiger charge is 2.21. The van der Waals surface area contributed by atoms with E-state index in [1.165, 1.54) is 12.1 Å². The van der Waals surface area contributed by atoms with Gasteiger partial charge < -0.3 is 59.9 Å². The Labute approximate surface area is 337 Å². The summed E-state index contributed by atoms with van der Waals surface area (Å²) in [7, 11) is 0. The number of phenolic OH excluding ortho intramolecular Hbond substituents is 2. The van der Waals surface area contributed by atoms with Crippen molar-refractivity contribution in [2.24, 2.45) is 0 Å². The van der Waals surface area contributed by atoms with Gasteiger partial charge >= 0.3 is 30.2 Å². The first-order chi connectivity index (χ1) is 27.5. The number of esters is 2. The minimum atomic E-state index is -0.863. The maximum atomic E-state index is 12.4. The standard InChI is InChI=1S/C40H68N4O13/c1-4-21-42-39(50)56-24-13-7-6-9-15-31(3)54-28-26-52-27-29-55-36(47)17-10-8-14-25-57-40(51)43-22-12-11-16-33(37(48)53-5-2)44-38(49)41-23-20-32-18-19-34(45)35(46)30-32/h18-19,30-31,33,45-46H,4-17,20-29H2,1-3H3,(H,42,50)(H,43,51)(H2,41,44,49). The zero-order chi connectivity index (χ0) is 41.9. The summed E-state index contributed by atoms with van der Waals surface area (Å²) in [6, 6.07) is 3.00. The number of aromatic hydroxyl groups is 2. The van der Waals surface area contributed by atoms with Crippen molar-refractivity contribution in [3.05, 3.63) is 23.8 Å². The second-order valence-electron chi connectivity index (χ2n) is 13.4. The van der Waals surface area contributed by atoms with Crippen LogP contribution in [-0.4, -0.2) is 118 Å². The molecule has 2 unspecified atom stereocenters. The van der Waals surface area contributed by atoms with Crippen LogP contribution in [0.15, 0.2) is 18.2 Å². The summed E-state index contributed by atoms with van der Waals surface area (Å²) in [5.41, 5.74) is 0.715. The molecule has 1 aromatic rings. The molecule has 326 valence electrons. The van der Waals surface area contributed by atoms with Crippen molar-refractivity contribution in [2.45, 2.75) is 123 Å². The predicted octanol–water partition coefficient (Wildman–Crippen LogP) is 5.38. The van der Waals surface area contributed by atoms with Gasteiger partial charge in [0.05, 0.1) is 45.7 Å².